The lowest BCUT2D eigenvalue weighted by Gasteiger charge is -2.19. The largest absolute Gasteiger partial charge is 0.489 e. The fourth-order valence-electron chi connectivity index (χ4n) is 3.00. The Hall–Kier alpha value is -3.38. The predicted octanol–water partition coefficient (Wildman–Crippen LogP) is 5.17. The van der Waals surface area contributed by atoms with Crippen LogP contribution >= 0.6 is 0 Å². The number of carboxylic acids is 2. The van der Waals surface area contributed by atoms with Gasteiger partial charge < -0.3 is 20.1 Å². The van der Waals surface area contributed by atoms with Crippen molar-refractivity contribution in [2.45, 2.75) is 45.8 Å². The highest BCUT2D eigenvalue weighted by molar-refractivity contribution is 6.01. The molecule has 0 amide bonds. The molecule has 2 aromatic carbocycles. The quantitative estimate of drug-likeness (QED) is 0.455. The highest BCUT2D eigenvalue weighted by Crippen LogP contribution is 2.22. The number of hydrogen-bond donors (Lipinski definition) is 3. The van der Waals surface area contributed by atoms with Crippen molar-refractivity contribution in [3.8, 4) is 5.75 Å². The number of carbonyl (C=O) groups is 2. The standard InChI is InChI=1S/C25H28O6/c1-4-25(30,5-2)13-7-8-17(3)19-9-6-10-20(15-19)31-16-18-11-12-21(23(26)27)22(14-18)24(28)29/h6-15,30H,4-5,16H2,1-3H3,(H,26,27)(H,28,29)/b13-7+,17-8-. The predicted molar refractivity (Wildman–Crippen MR) is 119 cm³/mol. The van der Waals surface area contributed by atoms with Crippen molar-refractivity contribution < 1.29 is 29.6 Å². The zero-order chi connectivity index (χ0) is 23.0. The maximum absolute atomic E-state index is 11.3. The van der Waals surface area contributed by atoms with Gasteiger partial charge in [-0.05, 0) is 60.7 Å². The van der Waals surface area contributed by atoms with Crippen molar-refractivity contribution in [1.82, 2.24) is 0 Å². The van der Waals surface area contributed by atoms with Crippen molar-refractivity contribution in [3.05, 3.63) is 82.9 Å². The number of aromatic carboxylic acids is 2. The van der Waals surface area contributed by atoms with Gasteiger partial charge in [0.15, 0.2) is 0 Å². The zero-order valence-corrected chi connectivity index (χ0v) is 18.0. The molecule has 3 N–H and O–H groups in total. The molecule has 0 aliphatic rings. The van der Waals surface area contributed by atoms with E-state index in [4.69, 9.17) is 9.84 Å². The van der Waals surface area contributed by atoms with Crippen LogP contribution in [0, 0.1) is 0 Å². The fourth-order valence-corrected chi connectivity index (χ4v) is 3.00. The first-order valence-electron chi connectivity index (χ1n) is 10.1. The minimum absolute atomic E-state index is 0.104. The van der Waals surface area contributed by atoms with Crippen molar-refractivity contribution in [1.29, 1.82) is 0 Å². The monoisotopic (exact) mass is 424 g/mol. The van der Waals surface area contributed by atoms with Crippen molar-refractivity contribution in [2.75, 3.05) is 0 Å². The fraction of sp³-hybridized carbons (Fsp3) is 0.280. The third-order valence-electron chi connectivity index (χ3n) is 5.22. The Balaban J connectivity index is 2.13. The Morgan fingerprint density at radius 1 is 1.00 bits per heavy atom. The molecule has 0 spiro atoms. The molecule has 6 nitrogen and oxygen atoms in total. The van der Waals surface area contributed by atoms with E-state index in [-0.39, 0.29) is 17.7 Å². The third-order valence-corrected chi connectivity index (χ3v) is 5.22. The molecule has 0 aliphatic heterocycles. The van der Waals surface area contributed by atoms with Crippen LogP contribution < -0.4 is 4.74 Å². The van der Waals surface area contributed by atoms with Crippen LogP contribution in [0.4, 0.5) is 0 Å². The van der Waals surface area contributed by atoms with E-state index in [9.17, 15) is 19.8 Å². The summed E-state index contributed by atoms with van der Waals surface area (Å²) in [6.07, 6.45) is 6.88. The lowest BCUT2D eigenvalue weighted by molar-refractivity contribution is 0.0651. The van der Waals surface area contributed by atoms with Crippen LogP contribution in [0.5, 0.6) is 5.75 Å². The molecule has 6 heteroatoms. The lowest BCUT2D eigenvalue weighted by Crippen LogP contribution is -2.22. The van der Waals surface area contributed by atoms with Gasteiger partial charge in [-0.3, -0.25) is 0 Å². The van der Waals surface area contributed by atoms with Crippen LogP contribution in [0.3, 0.4) is 0 Å². The topological polar surface area (TPSA) is 104 Å². The molecular weight excluding hydrogens is 396 g/mol. The summed E-state index contributed by atoms with van der Waals surface area (Å²) in [5.41, 5.74) is 1.17. The van der Waals surface area contributed by atoms with Crippen molar-refractivity contribution >= 4 is 17.5 Å². The van der Waals surface area contributed by atoms with Gasteiger partial charge in [0.1, 0.15) is 12.4 Å². The second-order valence-electron chi connectivity index (χ2n) is 7.33. The molecule has 0 aliphatic carbocycles. The van der Waals surface area contributed by atoms with Crippen LogP contribution in [-0.2, 0) is 6.61 Å². The number of ether oxygens (including phenoxy) is 1. The van der Waals surface area contributed by atoms with E-state index < -0.39 is 17.5 Å². The maximum Gasteiger partial charge on any atom is 0.336 e. The molecule has 0 atom stereocenters. The van der Waals surface area contributed by atoms with Crippen LogP contribution in [0.25, 0.3) is 5.57 Å². The van der Waals surface area contributed by atoms with Gasteiger partial charge >= 0.3 is 11.9 Å². The number of hydrogen-bond acceptors (Lipinski definition) is 4. The van der Waals surface area contributed by atoms with E-state index in [1.54, 1.807) is 12.1 Å². The molecule has 0 aromatic heterocycles. The summed E-state index contributed by atoms with van der Waals surface area (Å²) >= 11 is 0. The Bertz CT molecular complexity index is 999. The summed E-state index contributed by atoms with van der Waals surface area (Å²) < 4.78 is 5.79. The molecule has 0 saturated carbocycles. The van der Waals surface area contributed by atoms with Gasteiger partial charge in [-0.2, -0.15) is 0 Å². The number of allylic oxidation sites excluding steroid dienone is 3. The maximum atomic E-state index is 11.3. The minimum atomic E-state index is -1.30. The Morgan fingerprint density at radius 3 is 2.29 bits per heavy atom. The SMILES string of the molecule is CCC(O)(/C=C/C=C(/C)c1cccc(OCc2ccc(C(=O)O)c(C(=O)O)c2)c1)CC. The highest BCUT2D eigenvalue weighted by Gasteiger charge is 2.17. The van der Waals surface area contributed by atoms with E-state index >= 15 is 0 Å². The lowest BCUT2D eigenvalue weighted by atomic mass is 9.96. The van der Waals surface area contributed by atoms with Crippen LogP contribution in [-0.4, -0.2) is 32.9 Å². The van der Waals surface area contributed by atoms with Gasteiger partial charge in [0.05, 0.1) is 16.7 Å². The van der Waals surface area contributed by atoms with E-state index in [2.05, 4.69) is 0 Å². The summed E-state index contributed by atoms with van der Waals surface area (Å²) in [6, 6.07) is 11.6. The molecule has 2 aromatic rings. The smallest absolute Gasteiger partial charge is 0.336 e. The number of carboxylic acid groups (broad SMARTS) is 2. The summed E-state index contributed by atoms with van der Waals surface area (Å²) in [5.74, 6) is -1.98. The number of benzene rings is 2. The number of aliphatic hydroxyl groups is 1. The first-order chi connectivity index (χ1) is 14.7. The normalized spacial score (nSPS) is 12.2. The molecule has 0 heterocycles. The highest BCUT2D eigenvalue weighted by atomic mass is 16.5. The summed E-state index contributed by atoms with van der Waals surface area (Å²) in [4.78, 5) is 22.5. The van der Waals surface area contributed by atoms with Gasteiger partial charge in [0.2, 0.25) is 0 Å². The summed E-state index contributed by atoms with van der Waals surface area (Å²) in [7, 11) is 0. The molecule has 2 rings (SSSR count). The van der Waals surface area contributed by atoms with E-state index in [0.717, 1.165) is 11.1 Å². The Kier molecular flexibility index (Phi) is 8.16. The van der Waals surface area contributed by atoms with E-state index in [1.807, 2.05) is 51.1 Å². The molecule has 164 valence electrons. The Morgan fingerprint density at radius 2 is 1.68 bits per heavy atom. The van der Waals surface area contributed by atoms with Crippen LogP contribution in [0.2, 0.25) is 0 Å². The summed E-state index contributed by atoms with van der Waals surface area (Å²) in [5, 5.41) is 28.7. The average Bonchev–Trinajstić information content (AvgIpc) is 2.77. The third kappa shape index (κ3) is 6.55. The summed E-state index contributed by atoms with van der Waals surface area (Å²) in [6.45, 7) is 5.95. The van der Waals surface area contributed by atoms with E-state index in [0.29, 0.717) is 24.2 Å². The average molecular weight is 424 g/mol. The van der Waals surface area contributed by atoms with E-state index in [1.165, 1.54) is 18.2 Å². The van der Waals surface area contributed by atoms with Gasteiger partial charge in [-0.1, -0.05) is 50.3 Å². The molecule has 0 radical (unpaired) electrons. The van der Waals surface area contributed by atoms with Gasteiger partial charge in [-0.15, -0.1) is 0 Å². The van der Waals surface area contributed by atoms with Gasteiger partial charge in [0, 0.05) is 0 Å². The van der Waals surface area contributed by atoms with Crippen LogP contribution in [0.1, 0.15) is 65.5 Å². The minimum Gasteiger partial charge on any atom is -0.489 e. The second-order valence-corrected chi connectivity index (χ2v) is 7.33. The van der Waals surface area contributed by atoms with Crippen molar-refractivity contribution in [3.63, 3.8) is 0 Å². The molecule has 0 unspecified atom stereocenters. The number of rotatable bonds is 10. The molecule has 0 saturated heterocycles. The van der Waals surface area contributed by atoms with Gasteiger partial charge in [-0.25, -0.2) is 9.59 Å². The Labute approximate surface area is 182 Å². The molecule has 0 bridgehead atoms. The van der Waals surface area contributed by atoms with Crippen molar-refractivity contribution in [2.24, 2.45) is 0 Å². The molecule has 31 heavy (non-hydrogen) atoms. The second kappa shape index (κ2) is 10.6. The first-order valence-corrected chi connectivity index (χ1v) is 10.1. The van der Waals surface area contributed by atoms with Crippen LogP contribution in [0.15, 0.2) is 60.7 Å². The first kappa shape index (κ1) is 23.9. The zero-order valence-electron chi connectivity index (χ0n) is 18.0. The molecular formula is C25H28O6. The molecule has 0 fully saturated rings. The van der Waals surface area contributed by atoms with Gasteiger partial charge in [0.25, 0.3) is 0 Å².